The van der Waals surface area contributed by atoms with E-state index in [-0.39, 0.29) is 11.5 Å². The van der Waals surface area contributed by atoms with Crippen molar-refractivity contribution in [3.05, 3.63) is 69.2 Å². The fourth-order valence-electron chi connectivity index (χ4n) is 2.88. The molecule has 0 bridgehead atoms. The molecule has 7 nitrogen and oxygen atoms in total. The second-order valence-electron chi connectivity index (χ2n) is 5.93. The van der Waals surface area contributed by atoms with Crippen LogP contribution >= 0.6 is 11.6 Å². The van der Waals surface area contributed by atoms with Crippen LogP contribution in [0, 0.1) is 6.92 Å². The summed E-state index contributed by atoms with van der Waals surface area (Å²) >= 11 is 5.85. The highest BCUT2D eigenvalue weighted by Gasteiger charge is 2.30. The van der Waals surface area contributed by atoms with Crippen molar-refractivity contribution in [2.75, 3.05) is 5.32 Å². The first-order valence-electron chi connectivity index (χ1n) is 7.92. The molecular weight excluding hydrogens is 354 g/mol. The molecule has 1 aromatic carbocycles. The Balaban J connectivity index is 1.57. The van der Waals surface area contributed by atoms with Crippen molar-refractivity contribution in [1.82, 2.24) is 14.8 Å². The largest absolute Gasteiger partial charge is 0.310 e. The lowest BCUT2D eigenvalue weighted by atomic mass is 10.0. The Kier molecular flexibility index (Phi) is 3.93. The van der Waals surface area contributed by atoms with Crippen LogP contribution in [0.5, 0.6) is 0 Å². The Morgan fingerprint density at radius 1 is 1.19 bits per heavy atom. The molecule has 2 aromatic heterocycles. The topological polar surface area (TPSA) is 92.1 Å². The summed E-state index contributed by atoms with van der Waals surface area (Å²) in [5.41, 5.74) is 2.94. The van der Waals surface area contributed by atoms with Crippen molar-refractivity contribution in [3.63, 3.8) is 0 Å². The van der Waals surface area contributed by atoms with E-state index < -0.39 is 5.92 Å². The maximum atomic E-state index is 12.1. The highest BCUT2D eigenvalue weighted by Crippen LogP contribution is 2.31. The Labute approximate surface area is 153 Å². The van der Waals surface area contributed by atoms with E-state index in [1.165, 1.54) is 6.07 Å². The monoisotopic (exact) mass is 367 g/mol. The fourth-order valence-corrected chi connectivity index (χ4v) is 3.03. The van der Waals surface area contributed by atoms with Gasteiger partial charge in [0.2, 0.25) is 5.91 Å². The van der Waals surface area contributed by atoms with Gasteiger partial charge in [-0.1, -0.05) is 17.7 Å². The number of anilines is 1. The number of nitrogens with zero attached hydrogens (tertiary/aromatic N) is 3. The van der Waals surface area contributed by atoms with Crippen LogP contribution in [0.3, 0.4) is 0 Å². The molecule has 0 radical (unpaired) electrons. The number of carbonyl (C=O) groups is 1. The third kappa shape index (κ3) is 2.93. The van der Waals surface area contributed by atoms with E-state index in [1.54, 1.807) is 23.0 Å². The molecule has 1 unspecified atom stereocenters. The molecule has 26 heavy (non-hydrogen) atoms. The summed E-state index contributed by atoms with van der Waals surface area (Å²) in [5.74, 6) is -0.213. The summed E-state index contributed by atoms with van der Waals surface area (Å²) in [6.07, 6.45) is 1.59. The molecule has 0 aliphatic carbocycles. The molecule has 0 saturated heterocycles. The fraction of sp³-hybridized carbons (Fsp3) is 0.111. The van der Waals surface area contributed by atoms with Gasteiger partial charge in [0.25, 0.3) is 5.56 Å². The minimum atomic E-state index is -0.502. The van der Waals surface area contributed by atoms with Crippen LogP contribution in [0.4, 0.5) is 11.5 Å². The van der Waals surface area contributed by atoms with Gasteiger partial charge in [-0.05, 0) is 37.3 Å². The Morgan fingerprint density at radius 2 is 1.96 bits per heavy atom. The van der Waals surface area contributed by atoms with Gasteiger partial charge in [-0.15, -0.1) is 0 Å². The van der Waals surface area contributed by atoms with Crippen LogP contribution < -0.4 is 10.9 Å². The lowest BCUT2D eigenvalue weighted by molar-refractivity contribution is -0.115. The van der Waals surface area contributed by atoms with E-state index in [4.69, 9.17) is 11.6 Å². The minimum Gasteiger partial charge on any atom is -0.310 e. The summed E-state index contributed by atoms with van der Waals surface area (Å²) in [6, 6.07) is 12.3. The SMILES string of the molecule is Cc1cc(=O)[nH]n1-c1ccc(N=CC2C(=O)Nc3nc(Cl)ccc32)cc1. The number of amides is 1. The Hall–Kier alpha value is -3.19. The van der Waals surface area contributed by atoms with Crippen molar-refractivity contribution in [1.29, 1.82) is 0 Å². The van der Waals surface area contributed by atoms with E-state index in [9.17, 15) is 9.59 Å². The molecular formula is C18H14ClN5O2. The number of halogens is 1. The first-order valence-corrected chi connectivity index (χ1v) is 8.30. The predicted molar refractivity (Wildman–Crippen MR) is 99.9 cm³/mol. The maximum absolute atomic E-state index is 12.1. The second-order valence-corrected chi connectivity index (χ2v) is 6.32. The minimum absolute atomic E-state index is 0.149. The molecule has 8 heteroatoms. The molecule has 4 rings (SSSR count). The average molecular weight is 368 g/mol. The number of hydrogen-bond donors (Lipinski definition) is 2. The zero-order valence-corrected chi connectivity index (χ0v) is 14.5. The molecule has 2 N–H and O–H groups in total. The van der Waals surface area contributed by atoms with Crippen molar-refractivity contribution < 1.29 is 4.79 Å². The smallest absolute Gasteiger partial charge is 0.264 e. The number of rotatable bonds is 3. The van der Waals surface area contributed by atoms with Crippen LogP contribution in [-0.4, -0.2) is 26.9 Å². The number of nitrogens with one attached hydrogen (secondary N) is 2. The second kappa shape index (κ2) is 6.27. The van der Waals surface area contributed by atoms with Gasteiger partial charge >= 0.3 is 0 Å². The Bertz CT molecular complexity index is 1080. The summed E-state index contributed by atoms with van der Waals surface area (Å²) in [7, 11) is 0. The number of aryl methyl sites for hydroxylation is 1. The quantitative estimate of drug-likeness (QED) is 0.550. The van der Waals surface area contributed by atoms with Crippen molar-refractivity contribution in [2.24, 2.45) is 4.99 Å². The normalized spacial score (nSPS) is 16.1. The number of H-pyrrole nitrogens is 1. The molecule has 0 saturated carbocycles. The summed E-state index contributed by atoms with van der Waals surface area (Å²) in [5, 5.41) is 5.76. The van der Waals surface area contributed by atoms with E-state index in [0.717, 1.165) is 16.9 Å². The van der Waals surface area contributed by atoms with E-state index in [1.807, 2.05) is 31.2 Å². The first-order chi connectivity index (χ1) is 12.5. The number of aromatic amines is 1. The lowest BCUT2D eigenvalue weighted by Gasteiger charge is -2.05. The number of hydrogen-bond acceptors (Lipinski definition) is 4. The van der Waals surface area contributed by atoms with Gasteiger partial charge in [0.05, 0.1) is 11.4 Å². The summed E-state index contributed by atoms with van der Waals surface area (Å²) < 4.78 is 1.70. The van der Waals surface area contributed by atoms with Gasteiger partial charge in [-0.3, -0.25) is 24.4 Å². The summed E-state index contributed by atoms with van der Waals surface area (Å²) in [4.78, 5) is 32.0. The third-order valence-corrected chi connectivity index (χ3v) is 4.36. The van der Waals surface area contributed by atoms with Crippen LogP contribution in [0.2, 0.25) is 5.15 Å². The van der Waals surface area contributed by atoms with Crippen molar-refractivity contribution >= 4 is 35.2 Å². The molecule has 0 fully saturated rings. The third-order valence-electron chi connectivity index (χ3n) is 4.15. The molecule has 3 heterocycles. The van der Waals surface area contributed by atoms with Gasteiger partial charge in [0, 0.05) is 23.5 Å². The molecule has 1 amide bonds. The van der Waals surface area contributed by atoms with Crippen molar-refractivity contribution in [2.45, 2.75) is 12.8 Å². The molecule has 1 aliphatic rings. The van der Waals surface area contributed by atoms with Gasteiger partial charge < -0.3 is 5.32 Å². The number of carbonyl (C=O) groups excluding carboxylic acids is 1. The Morgan fingerprint density at radius 3 is 2.65 bits per heavy atom. The average Bonchev–Trinajstić information content (AvgIpc) is 3.11. The molecule has 1 atom stereocenters. The van der Waals surface area contributed by atoms with Crippen molar-refractivity contribution in [3.8, 4) is 5.69 Å². The van der Waals surface area contributed by atoms with E-state index in [0.29, 0.717) is 16.7 Å². The van der Waals surface area contributed by atoms with Gasteiger partial charge in [0.1, 0.15) is 16.9 Å². The van der Waals surface area contributed by atoms with Gasteiger partial charge in [0.15, 0.2) is 0 Å². The number of aliphatic imine (C=N–C) groups is 1. The predicted octanol–water partition coefficient (Wildman–Crippen LogP) is 2.96. The van der Waals surface area contributed by atoms with Gasteiger partial charge in [-0.2, -0.15) is 0 Å². The molecule has 130 valence electrons. The zero-order chi connectivity index (χ0) is 18.3. The van der Waals surface area contributed by atoms with Crippen LogP contribution in [0.25, 0.3) is 5.69 Å². The number of aromatic nitrogens is 3. The van der Waals surface area contributed by atoms with Crippen LogP contribution in [0.1, 0.15) is 17.2 Å². The zero-order valence-electron chi connectivity index (χ0n) is 13.7. The first kappa shape index (κ1) is 16.3. The standard InChI is InChI=1S/C18H14ClN5O2/c1-10-8-16(25)23-24(10)12-4-2-11(3-5-12)20-9-14-13-6-7-15(19)21-17(13)22-18(14)26/h2-9,14H,1H3,(H,23,25)(H,21,22,26). The van der Waals surface area contributed by atoms with Gasteiger partial charge in [-0.25, -0.2) is 4.98 Å². The maximum Gasteiger partial charge on any atom is 0.264 e. The highest BCUT2D eigenvalue weighted by atomic mass is 35.5. The number of pyridine rings is 1. The van der Waals surface area contributed by atoms with E-state index in [2.05, 4.69) is 20.4 Å². The molecule has 0 spiro atoms. The van der Waals surface area contributed by atoms with E-state index >= 15 is 0 Å². The highest BCUT2D eigenvalue weighted by molar-refractivity contribution is 6.29. The number of benzene rings is 1. The molecule has 1 aliphatic heterocycles. The number of fused-ring (bicyclic) bond motifs is 1. The van der Waals surface area contributed by atoms with Crippen LogP contribution in [0.15, 0.2) is 52.3 Å². The molecule has 3 aromatic rings. The van der Waals surface area contributed by atoms with Crippen LogP contribution in [-0.2, 0) is 4.79 Å². The lowest BCUT2D eigenvalue weighted by Crippen LogP contribution is -2.12. The summed E-state index contributed by atoms with van der Waals surface area (Å²) in [6.45, 7) is 1.85.